The summed E-state index contributed by atoms with van der Waals surface area (Å²) >= 11 is 0. The second-order valence-corrected chi connectivity index (χ2v) is 4.74. The van der Waals surface area contributed by atoms with Gasteiger partial charge in [-0.25, -0.2) is 9.97 Å². The van der Waals surface area contributed by atoms with E-state index in [1.54, 1.807) is 0 Å². The summed E-state index contributed by atoms with van der Waals surface area (Å²) < 4.78 is 42.9. The molecular weight excluding hydrogens is 325 g/mol. The van der Waals surface area contributed by atoms with Gasteiger partial charge < -0.3 is 15.2 Å². The van der Waals surface area contributed by atoms with E-state index in [2.05, 4.69) is 15.3 Å². The van der Waals surface area contributed by atoms with Crippen LogP contribution in [0.25, 0.3) is 0 Å². The maximum atomic E-state index is 12.6. The van der Waals surface area contributed by atoms with Gasteiger partial charge in [0.25, 0.3) is 0 Å². The molecule has 6 nitrogen and oxygen atoms in total. The first-order valence-electron chi connectivity index (χ1n) is 6.83. The van der Waals surface area contributed by atoms with Gasteiger partial charge >= 0.3 is 6.18 Å². The third-order valence-electron chi connectivity index (χ3n) is 2.91. The number of ether oxygens (including phenoxy) is 1. The molecule has 24 heavy (non-hydrogen) atoms. The molecule has 0 spiro atoms. The van der Waals surface area contributed by atoms with Crippen LogP contribution in [-0.2, 0) is 6.18 Å². The largest absolute Gasteiger partial charge is 0.491 e. The summed E-state index contributed by atoms with van der Waals surface area (Å²) in [7, 11) is 0. The maximum Gasteiger partial charge on any atom is 0.416 e. The van der Waals surface area contributed by atoms with Crippen molar-refractivity contribution < 1.29 is 23.0 Å². The number of halogens is 3. The molecule has 126 valence electrons. The Morgan fingerprint density at radius 2 is 2.04 bits per heavy atom. The molecule has 1 heterocycles. The quantitative estimate of drug-likeness (QED) is 0.839. The highest BCUT2D eigenvalue weighted by atomic mass is 19.4. The van der Waals surface area contributed by atoms with Crippen molar-refractivity contribution in [2.24, 2.45) is 0 Å². The molecular formula is C15H13F3N4O2. The van der Waals surface area contributed by atoms with Gasteiger partial charge in [0.1, 0.15) is 24.5 Å². The zero-order valence-corrected chi connectivity index (χ0v) is 12.3. The lowest BCUT2D eigenvalue weighted by molar-refractivity contribution is -0.137. The minimum Gasteiger partial charge on any atom is -0.491 e. The number of rotatable bonds is 6. The number of nitrogens with zero attached hydrogens (tertiary/aromatic N) is 3. The number of aliphatic hydroxyl groups is 1. The van der Waals surface area contributed by atoms with E-state index in [0.717, 1.165) is 12.1 Å². The summed E-state index contributed by atoms with van der Waals surface area (Å²) in [5.41, 5.74) is -0.755. The van der Waals surface area contributed by atoms with Crippen LogP contribution in [0.4, 0.5) is 19.0 Å². The zero-order valence-electron chi connectivity index (χ0n) is 12.3. The van der Waals surface area contributed by atoms with Crippen LogP contribution >= 0.6 is 0 Å². The van der Waals surface area contributed by atoms with Crippen molar-refractivity contribution in [2.45, 2.75) is 12.3 Å². The molecule has 0 radical (unpaired) electrons. The van der Waals surface area contributed by atoms with Crippen molar-refractivity contribution in [3.8, 4) is 11.8 Å². The number of hydrogen-bond donors (Lipinski definition) is 2. The van der Waals surface area contributed by atoms with E-state index < -0.39 is 17.8 Å². The molecule has 2 rings (SSSR count). The van der Waals surface area contributed by atoms with E-state index in [1.807, 2.05) is 6.07 Å². The predicted molar refractivity (Wildman–Crippen MR) is 78.2 cm³/mol. The third-order valence-corrected chi connectivity index (χ3v) is 2.91. The summed E-state index contributed by atoms with van der Waals surface area (Å²) in [5, 5.41) is 21.4. The average molecular weight is 338 g/mol. The molecule has 1 atom stereocenters. The summed E-state index contributed by atoms with van der Waals surface area (Å²) in [6, 6.07) is 6.22. The van der Waals surface area contributed by atoms with Crippen molar-refractivity contribution in [2.75, 3.05) is 18.5 Å². The normalized spacial score (nSPS) is 12.3. The Balaban J connectivity index is 1.88. The summed E-state index contributed by atoms with van der Waals surface area (Å²) in [5.74, 6) is 0.208. The molecule has 0 saturated heterocycles. The van der Waals surface area contributed by atoms with E-state index in [4.69, 9.17) is 10.00 Å². The van der Waals surface area contributed by atoms with Crippen LogP contribution in [0, 0.1) is 11.3 Å². The fourth-order valence-electron chi connectivity index (χ4n) is 1.78. The highest BCUT2D eigenvalue weighted by Gasteiger charge is 2.30. The molecule has 1 unspecified atom stereocenters. The lowest BCUT2D eigenvalue weighted by Crippen LogP contribution is -2.27. The number of nitrogens with one attached hydrogen (secondary N) is 1. The van der Waals surface area contributed by atoms with Gasteiger partial charge in [-0.3, -0.25) is 0 Å². The standard InChI is InChI=1S/C15H13F3N4O2/c16-15(17,18)10-2-1-3-12(6-10)24-9-11(23)8-22-14-13(7-19)20-4-5-21-14/h1-6,11,23H,8-9H2,(H,21,22). The molecule has 0 amide bonds. The Morgan fingerprint density at radius 1 is 1.29 bits per heavy atom. The summed E-state index contributed by atoms with van der Waals surface area (Å²) in [4.78, 5) is 7.70. The van der Waals surface area contributed by atoms with Gasteiger partial charge in [0.2, 0.25) is 0 Å². The number of aromatic nitrogens is 2. The molecule has 2 aromatic rings. The first-order chi connectivity index (χ1) is 11.4. The lowest BCUT2D eigenvalue weighted by atomic mass is 10.2. The monoisotopic (exact) mass is 338 g/mol. The van der Waals surface area contributed by atoms with E-state index in [9.17, 15) is 18.3 Å². The first-order valence-corrected chi connectivity index (χ1v) is 6.83. The van der Waals surface area contributed by atoms with Gasteiger partial charge in [0.15, 0.2) is 11.5 Å². The average Bonchev–Trinajstić information content (AvgIpc) is 2.58. The fourth-order valence-corrected chi connectivity index (χ4v) is 1.78. The molecule has 9 heteroatoms. The highest BCUT2D eigenvalue weighted by Crippen LogP contribution is 2.31. The minimum absolute atomic E-state index is 0.00101. The third kappa shape index (κ3) is 4.82. The first kappa shape index (κ1) is 17.5. The molecule has 0 aliphatic heterocycles. The Bertz CT molecular complexity index is 731. The van der Waals surface area contributed by atoms with Crippen LogP contribution in [0.5, 0.6) is 5.75 Å². The van der Waals surface area contributed by atoms with Gasteiger partial charge in [-0.2, -0.15) is 18.4 Å². The van der Waals surface area contributed by atoms with Gasteiger partial charge in [-0.1, -0.05) is 6.07 Å². The van der Waals surface area contributed by atoms with Crippen LogP contribution in [-0.4, -0.2) is 34.3 Å². The predicted octanol–water partition coefficient (Wildman–Crippen LogP) is 2.22. The maximum absolute atomic E-state index is 12.6. The molecule has 0 fully saturated rings. The fraction of sp³-hybridized carbons (Fsp3) is 0.267. The van der Waals surface area contributed by atoms with Crippen LogP contribution in [0.2, 0.25) is 0 Å². The van der Waals surface area contributed by atoms with Crippen LogP contribution in [0.15, 0.2) is 36.7 Å². The van der Waals surface area contributed by atoms with Crippen molar-refractivity contribution >= 4 is 5.82 Å². The molecule has 0 bridgehead atoms. The minimum atomic E-state index is -4.46. The van der Waals surface area contributed by atoms with Gasteiger partial charge in [0.05, 0.1) is 5.56 Å². The van der Waals surface area contributed by atoms with E-state index in [-0.39, 0.29) is 30.4 Å². The smallest absolute Gasteiger partial charge is 0.416 e. The van der Waals surface area contributed by atoms with Gasteiger partial charge in [-0.05, 0) is 18.2 Å². The second kappa shape index (κ2) is 7.61. The zero-order chi connectivity index (χ0) is 17.6. The van der Waals surface area contributed by atoms with Crippen molar-refractivity contribution in [1.82, 2.24) is 9.97 Å². The lowest BCUT2D eigenvalue weighted by Gasteiger charge is -2.15. The van der Waals surface area contributed by atoms with E-state index in [1.165, 1.54) is 24.5 Å². The SMILES string of the molecule is N#Cc1nccnc1NCC(O)COc1cccc(C(F)(F)F)c1. The highest BCUT2D eigenvalue weighted by molar-refractivity contribution is 5.46. The van der Waals surface area contributed by atoms with Crippen molar-refractivity contribution in [3.05, 3.63) is 47.9 Å². The van der Waals surface area contributed by atoms with Crippen LogP contribution < -0.4 is 10.1 Å². The van der Waals surface area contributed by atoms with Crippen molar-refractivity contribution in [1.29, 1.82) is 5.26 Å². The number of aliphatic hydroxyl groups excluding tert-OH is 1. The molecule has 2 N–H and O–H groups in total. The molecule has 0 aliphatic carbocycles. The van der Waals surface area contributed by atoms with Gasteiger partial charge in [-0.15, -0.1) is 0 Å². The molecule has 1 aromatic carbocycles. The Hall–Kier alpha value is -2.86. The summed E-state index contributed by atoms with van der Waals surface area (Å²) in [6.07, 6.45) is -2.74. The number of hydrogen-bond acceptors (Lipinski definition) is 6. The number of alkyl halides is 3. The van der Waals surface area contributed by atoms with E-state index in [0.29, 0.717) is 0 Å². The molecule has 1 aromatic heterocycles. The van der Waals surface area contributed by atoms with E-state index >= 15 is 0 Å². The van der Waals surface area contributed by atoms with Crippen LogP contribution in [0.3, 0.4) is 0 Å². The Morgan fingerprint density at radius 3 is 2.75 bits per heavy atom. The number of nitriles is 1. The second-order valence-electron chi connectivity index (χ2n) is 4.74. The number of benzene rings is 1. The van der Waals surface area contributed by atoms with Gasteiger partial charge in [0, 0.05) is 18.9 Å². The molecule has 0 aliphatic rings. The number of anilines is 1. The summed E-state index contributed by atoms with van der Waals surface area (Å²) in [6.45, 7) is -0.233. The molecule has 0 saturated carbocycles. The van der Waals surface area contributed by atoms with Crippen molar-refractivity contribution in [3.63, 3.8) is 0 Å². The topological polar surface area (TPSA) is 91.1 Å². The van der Waals surface area contributed by atoms with Crippen LogP contribution in [0.1, 0.15) is 11.3 Å². The Kier molecular flexibility index (Phi) is 5.55. The Labute approximate surface area is 135 Å².